The second kappa shape index (κ2) is 3.69. The number of rotatable bonds is 0. The van der Waals surface area contributed by atoms with Gasteiger partial charge < -0.3 is 0 Å². The summed E-state index contributed by atoms with van der Waals surface area (Å²) < 4.78 is 1.22. The topological polar surface area (TPSA) is 0 Å². The highest BCUT2D eigenvalue weighted by molar-refractivity contribution is 9.10. The van der Waals surface area contributed by atoms with Gasteiger partial charge in [-0.25, -0.2) is 0 Å². The summed E-state index contributed by atoms with van der Waals surface area (Å²) in [4.78, 5) is 2.77. The molecular formula is C13H9BrS. The molecule has 2 aromatic rings. The van der Waals surface area contributed by atoms with Gasteiger partial charge in [0.15, 0.2) is 0 Å². The molecule has 0 amide bonds. The Balaban J connectivity index is 2.15. The number of halogens is 1. The molecule has 74 valence electrons. The molecule has 1 aliphatic rings. The van der Waals surface area contributed by atoms with E-state index in [-0.39, 0.29) is 0 Å². The van der Waals surface area contributed by atoms with E-state index in [1.54, 1.807) is 0 Å². The fraction of sp³-hybridized carbons (Fsp3) is 0.0769. The van der Waals surface area contributed by atoms with Crippen molar-refractivity contribution in [1.29, 1.82) is 0 Å². The van der Waals surface area contributed by atoms with Gasteiger partial charge in [-0.1, -0.05) is 52.0 Å². The van der Waals surface area contributed by atoms with Crippen LogP contribution in [0.1, 0.15) is 11.1 Å². The number of fused-ring (bicyclic) bond motifs is 2. The Bertz CT molecular complexity index is 520. The van der Waals surface area contributed by atoms with Crippen molar-refractivity contribution in [2.45, 2.75) is 16.2 Å². The molecule has 2 heteroatoms. The minimum atomic E-state index is 1.04. The fourth-order valence-corrected chi connectivity index (χ4v) is 3.61. The molecule has 0 spiro atoms. The summed E-state index contributed by atoms with van der Waals surface area (Å²) >= 11 is 5.49. The van der Waals surface area contributed by atoms with E-state index in [2.05, 4.69) is 58.4 Å². The van der Waals surface area contributed by atoms with Gasteiger partial charge in [-0.05, 0) is 29.3 Å². The number of hydrogen-bond donors (Lipinski definition) is 0. The number of benzene rings is 2. The van der Waals surface area contributed by atoms with Crippen LogP contribution in [0.15, 0.2) is 56.7 Å². The van der Waals surface area contributed by atoms with Gasteiger partial charge >= 0.3 is 0 Å². The Morgan fingerprint density at radius 3 is 2.67 bits per heavy atom. The van der Waals surface area contributed by atoms with Gasteiger partial charge in [-0.15, -0.1) is 0 Å². The van der Waals surface area contributed by atoms with Gasteiger partial charge in [0, 0.05) is 20.7 Å². The fourth-order valence-electron chi connectivity index (χ4n) is 1.86. The summed E-state index contributed by atoms with van der Waals surface area (Å²) in [6.07, 6.45) is 1.04. The maximum absolute atomic E-state index is 3.62. The summed E-state index contributed by atoms with van der Waals surface area (Å²) in [5.41, 5.74) is 2.85. The molecule has 0 unspecified atom stereocenters. The molecule has 0 saturated heterocycles. The first-order chi connectivity index (χ1) is 7.34. The van der Waals surface area contributed by atoms with Crippen LogP contribution in [-0.4, -0.2) is 0 Å². The van der Waals surface area contributed by atoms with E-state index in [0.29, 0.717) is 0 Å². The van der Waals surface area contributed by atoms with Gasteiger partial charge in [0.05, 0.1) is 0 Å². The third kappa shape index (κ3) is 1.62. The van der Waals surface area contributed by atoms with Crippen LogP contribution in [0.4, 0.5) is 0 Å². The van der Waals surface area contributed by atoms with Crippen molar-refractivity contribution in [3.8, 4) is 0 Å². The second-order valence-corrected chi connectivity index (χ2v) is 5.54. The van der Waals surface area contributed by atoms with Crippen LogP contribution in [0.5, 0.6) is 0 Å². The average molecular weight is 277 g/mol. The Morgan fingerprint density at radius 1 is 0.933 bits per heavy atom. The molecule has 15 heavy (non-hydrogen) atoms. The van der Waals surface area contributed by atoms with Crippen LogP contribution in [0.25, 0.3) is 0 Å². The van der Waals surface area contributed by atoms with Gasteiger partial charge in [-0.2, -0.15) is 0 Å². The van der Waals surface area contributed by atoms with Crippen molar-refractivity contribution < 1.29 is 0 Å². The predicted molar refractivity (Wildman–Crippen MR) is 67.5 cm³/mol. The molecule has 0 nitrogen and oxygen atoms in total. The van der Waals surface area contributed by atoms with Crippen molar-refractivity contribution in [1.82, 2.24) is 0 Å². The maximum atomic E-state index is 3.62. The lowest BCUT2D eigenvalue weighted by atomic mass is 10.0. The summed E-state index contributed by atoms with van der Waals surface area (Å²) in [7, 11) is 0. The highest BCUT2D eigenvalue weighted by atomic mass is 79.9. The molecule has 0 bridgehead atoms. The van der Waals surface area contributed by atoms with Gasteiger partial charge in [0.25, 0.3) is 0 Å². The van der Waals surface area contributed by atoms with E-state index in [1.807, 2.05) is 11.8 Å². The van der Waals surface area contributed by atoms with Gasteiger partial charge in [0.2, 0.25) is 0 Å². The van der Waals surface area contributed by atoms with Crippen LogP contribution in [-0.2, 0) is 6.42 Å². The molecule has 0 aliphatic carbocycles. The molecular weight excluding hydrogens is 268 g/mol. The SMILES string of the molecule is Brc1cccc2c1Cc1ccccc1S2. The summed E-state index contributed by atoms with van der Waals surface area (Å²) in [6.45, 7) is 0. The third-order valence-electron chi connectivity index (χ3n) is 2.64. The van der Waals surface area contributed by atoms with E-state index in [9.17, 15) is 0 Å². The van der Waals surface area contributed by atoms with Crippen molar-refractivity contribution in [2.75, 3.05) is 0 Å². The lowest BCUT2D eigenvalue weighted by Gasteiger charge is -2.19. The Labute approximate surface area is 102 Å². The lowest BCUT2D eigenvalue weighted by Crippen LogP contribution is -1.99. The van der Waals surface area contributed by atoms with Crippen molar-refractivity contribution in [3.05, 3.63) is 58.1 Å². The van der Waals surface area contributed by atoms with Crippen LogP contribution < -0.4 is 0 Å². The molecule has 0 saturated carbocycles. The Hall–Kier alpha value is -0.730. The Kier molecular flexibility index (Phi) is 2.33. The van der Waals surface area contributed by atoms with Crippen LogP contribution in [0, 0.1) is 0 Å². The molecule has 0 N–H and O–H groups in total. The first-order valence-corrected chi connectivity index (χ1v) is 6.49. The highest BCUT2D eigenvalue weighted by Gasteiger charge is 2.16. The van der Waals surface area contributed by atoms with E-state index in [0.717, 1.165) is 6.42 Å². The largest absolute Gasteiger partial charge is 0.0895 e. The highest BCUT2D eigenvalue weighted by Crippen LogP contribution is 2.41. The summed E-state index contributed by atoms with van der Waals surface area (Å²) in [6, 6.07) is 15.0. The zero-order valence-corrected chi connectivity index (χ0v) is 10.4. The van der Waals surface area contributed by atoms with E-state index >= 15 is 0 Å². The van der Waals surface area contributed by atoms with E-state index in [4.69, 9.17) is 0 Å². The monoisotopic (exact) mass is 276 g/mol. The van der Waals surface area contributed by atoms with E-state index < -0.39 is 0 Å². The van der Waals surface area contributed by atoms with Crippen molar-refractivity contribution in [3.63, 3.8) is 0 Å². The third-order valence-corrected chi connectivity index (χ3v) is 4.60. The minimum absolute atomic E-state index is 1.04. The lowest BCUT2D eigenvalue weighted by molar-refractivity contribution is 1.04. The second-order valence-electron chi connectivity index (χ2n) is 3.60. The van der Waals surface area contributed by atoms with Gasteiger partial charge in [-0.3, -0.25) is 0 Å². The molecule has 0 atom stereocenters. The average Bonchev–Trinajstić information content (AvgIpc) is 2.27. The first kappa shape index (κ1) is 9.49. The maximum Gasteiger partial charge on any atom is 0.0221 e. The molecule has 0 aromatic heterocycles. The van der Waals surface area contributed by atoms with Crippen molar-refractivity contribution in [2.24, 2.45) is 0 Å². The Morgan fingerprint density at radius 2 is 1.73 bits per heavy atom. The molecule has 1 aliphatic heterocycles. The zero-order valence-electron chi connectivity index (χ0n) is 8.03. The normalized spacial score (nSPS) is 13.1. The molecule has 2 aromatic carbocycles. The van der Waals surface area contributed by atoms with E-state index in [1.165, 1.54) is 25.4 Å². The zero-order chi connectivity index (χ0) is 10.3. The molecule has 3 rings (SSSR count). The number of hydrogen-bond acceptors (Lipinski definition) is 1. The standard InChI is InChI=1S/C13H9BrS/c14-11-5-3-7-13-10(11)8-9-4-1-2-6-12(9)15-13/h1-7H,8H2. The predicted octanol–water partition coefficient (Wildman–Crippen LogP) is 4.50. The van der Waals surface area contributed by atoms with Crippen LogP contribution >= 0.6 is 27.7 Å². The summed E-state index contributed by atoms with van der Waals surface area (Å²) in [5, 5.41) is 0. The van der Waals surface area contributed by atoms with Crippen LogP contribution in [0.3, 0.4) is 0 Å². The van der Waals surface area contributed by atoms with Crippen molar-refractivity contribution >= 4 is 27.7 Å². The minimum Gasteiger partial charge on any atom is -0.0895 e. The quantitative estimate of drug-likeness (QED) is 0.583. The first-order valence-electron chi connectivity index (χ1n) is 4.88. The molecule has 0 fully saturated rings. The summed E-state index contributed by atoms with van der Waals surface area (Å²) in [5.74, 6) is 0. The van der Waals surface area contributed by atoms with Crippen LogP contribution in [0.2, 0.25) is 0 Å². The van der Waals surface area contributed by atoms with Gasteiger partial charge in [0.1, 0.15) is 0 Å². The molecule has 1 heterocycles. The smallest absolute Gasteiger partial charge is 0.0221 e. The molecule has 0 radical (unpaired) electrons.